The number of anilines is 2. The molecular weight excluding hydrogens is 318 g/mol. The van der Waals surface area contributed by atoms with Gasteiger partial charge in [0, 0.05) is 52.3 Å². The molecule has 1 amide bonds. The zero-order valence-electron chi connectivity index (χ0n) is 14.6. The fraction of sp³-hybridized carbons (Fsp3) is 0.389. The lowest BCUT2D eigenvalue weighted by molar-refractivity contribution is 0.0951. The van der Waals surface area contributed by atoms with Gasteiger partial charge in [-0.2, -0.15) is 0 Å². The number of hydrogen-bond donors (Lipinski definition) is 1. The minimum atomic E-state index is -0.137. The van der Waals surface area contributed by atoms with Crippen LogP contribution in [0.1, 0.15) is 15.9 Å². The van der Waals surface area contributed by atoms with Gasteiger partial charge < -0.3 is 19.9 Å². The summed E-state index contributed by atoms with van der Waals surface area (Å²) in [6.07, 6.45) is 5.06. The van der Waals surface area contributed by atoms with Crippen molar-refractivity contribution in [3.05, 3.63) is 47.9 Å². The molecule has 3 heterocycles. The van der Waals surface area contributed by atoms with Crippen LogP contribution in [0.2, 0.25) is 0 Å². The zero-order valence-corrected chi connectivity index (χ0v) is 14.6. The molecule has 1 saturated heterocycles. The van der Waals surface area contributed by atoms with Crippen molar-refractivity contribution in [3.63, 3.8) is 0 Å². The third kappa shape index (κ3) is 4.24. The molecule has 1 aliphatic rings. The Bertz CT molecular complexity index is 729. The summed E-state index contributed by atoms with van der Waals surface area (Å²) < 4.78 is 5.37. The Balaban J connectivity index is 1.66. The van der Waals surface area contributed by atoms with E-state index < -0.39 is 0 Å². The number of nitrogens with zero attached hydrogens (tertiary/aromatic N) is 4. The average molecular weight is 341 g/mol. The normalized spacial score (nSPS) is 14.2. The highest BCUT2D eigenvalue weighted by molar-refractivity contribution is 5.99. The Morgan fingerprint density at radius 1 is 1.28 bits per heavy atom. The molecule has 0 bridgehead atoms. The first kappa shape index (κ1) is 17.2. The Labute approximate surface area is 147 Å². The van der Waals surface area contributed by atoms with Crippen LogP contribution in [0.15, 0.2) is 36.8 Å². The van der Waals surface area contributed by atoms with Gasteiger partial charge in [0.15, 0.2) is 0 Å². The molecule has 2 aromatic heterocycles. The minimum Gasteiger partial charge on any atom is -0.378 e. The smallest absolute Gasteiger partial charge is 0.255 e. The molecular formula is C18H23N5O2. The molecule has 0 spiro atoms. The molecule has 1 fully saturated rings. The van der Waals surface area contributed by atoms with E-state index >= 15 is 0 Å². The lowest BCUT2D eigenvalue weighted by Crippen LogP contribution is -2.36. The third-order valence-corrected chi connectivity index (χ3v) is 4.12. The number of morpholine rings is 1. The molecule has 132 valence electrons. The molecule has 1 aliphatic heterocycles. The molecule has 3 rings (SSSR count). The number of rotatable bonds is 5. The van der Waals surface area contributed by atoms with Crippen molar-refractivity contribution in [2.24, 2.45) is 0 Å². The van der Waals surface area contributed by atoms with E-state index in [1.54, 1.807) is 18.6 Å². The maximum absolute atomic E-state index is 12.5. The molecule has 0 radical (unpaired) electrons. The second-order valence-electron chi connectivity index (χ2n) is 6.09. The summed E-state index contributed by atoms with van der Waals surface area (Å²) in [5.41, 5.74) is 2.42. The minimum absolute atomic E-state index is 0.137. The average Bonchev–Trinajstić information content (AvgIpc) is 2.67. The lowest BCUT2D eigenvalue weighted by Gasteiger charge is -2.28. The Hall–Kier alpha value is -2.67. The first-order chi connectivity index (χ1) is 12.1. The summed E-state index contributed by atoms with van der Waals surface area (Å²) in [6.45, 7) is 3.56. The second-order valence-corrected chi connectivity index (χ2v) is 6.09. The van der Waals surface area contributed by atoms with E-state index in [0.717, 1.165) is 43.4 Å². The molecule has 2 aromatic rings. The van der Waals surface area contributed by atoms with Crippen molar-refractivity contribution in [1.29, 1.82) is 0 Å². The highest BCUT2D eigenvalue weighted by Gasteiger charge is 2.14. The Kier molecular flexibility index (Phi) is 5.45. The summed E-state index contributed by atoms with van der Waals surface area (Å²) in [7, 11) is 3.81. The fourth-order valence-corrected chi connectivity index (χ4v) is 2.77. The van der Waals surface area contributed by atoms with Gasteiger partial charge in [-0.1, -0.05) is 0 Å². The van der Waals surface area contributed by atoms with Crippen molar-refractivity contribution >= 4 is 17.4 Å². The maximum Gasteiger partial charge on any atom is 0.255 e. The predicted octanol–water partition coefficient (Wildman–Crippen LogP) is 1.31. The number of carbonyl (C=O) groups excluding carboxylic acids is 1. The predicted molar refractivity (Wildman–Crippen MR) is 97.0 cm³/mol. The van der Waals surface area contributed by atoms with Gasteiger partial charge in [0.1, 0.15) is 5.82 Å². The number of amides is 1. The standard InChI is InChI=1S/C18H23N5O2/c1-22(2)16-4-5-19-13-15(16)18(24)21-12-14-3-6-20-17(11-14)23-7-9-25-10-8-23/h3-6,11,13H,7-10,12H2,1-2H3,(H,21,24). The van der Waals surface area contributed by atoms with Crippen LogP contribution in [0.25, 0.3) is 0 Å². The molecule has 1 N–H and O–H groups in total. The quantitative estimate of drug-likeness (QED) is 0.884. The van der Waals surface area contributed by atoms with E-state index in [0.29, 0.717) is 12.1 Å². The van der Waals surface area contributed by atoms with Crippen LogP contribution in [-0.2, 0) is 11.3 Å². The van der Waals surface area contributed by atoms with Crippen LogP contribution in [0, 0.1) is 0 Å². The van der Waals surface area contributed by atoms with Gasteiger partial charge in [-0.25, -0.2) is 4.98 Å². The highest BCUT2D eigenvalue weighted by atomic mass is 16.5. The van der Waals surface area contributed by atoms with Crippen LogP contribution < -0.4 is 15.1 Å². The van der Waals surface area contributed by atoms with Crippen molar-refractivity contribution < 1.29 is 9.53 Å². The first-order valence-corrected chi connectivity index (χ1v) is 8.32. The SMILES string of the molecule is CN(C)c1ccncc1C(=O)NCc1ccnc(N2CCOCC2)c1. The van der Waals surface area contributed by atoms with Gasteiger partial charge in [-0.3, -0.25) is 9.78 Å². The van der Waals surface area contributed by atoms with E-state index in [1.165, 1.54) is 0 Å². The van der Waals surface area contributed by atoms with Gasteiger partial charge in [-0.05, 0) is 23.8 Å². The van der Waals surface area contributed by atoms with E-state index in [-0.39, 0.29) is 5.91 Å². The molecule has 0 atom stereocenters. The summed E-state index contributed by atoms with van der Waals surface area (Å²) in [5.74, 6) is 0.784. The number of pyridine rings is 2. The maximum atomic E-state index is 12.5. The number of hydrogen-bond acceptors (Lipinski definition) is 6. The van der Waals surface area contributed by atoms with Crippen LogP contribution >= 0.6 is 0 Å². The van der Waals surface area contributed by atoms with Crippen LogP contribution in [0.4, 0.5) is 11.5 Å². The van der Waals surface area contributed by atoms with E-state index in [9.17, 15) is 4.79 Å². The number of nitrogens with one attached hydrogen (secondary N) is 1. The van der Waals surface area contributed by atoms with Crippen LogP contribution in [0.3, 0.4) is 0 Å². The third-order valence-electron chi connectivity index (χ3n) is 4.12. The zero-order chi connectivity index (χ0) is 17.6. The van der Waals surface area contributed by atoms with Crippen LogP contribution in [0.5, 0.6) is 0 Å². The van der Waals surface area contributed by atoms with Crippen LogP contribution in [-0.4, -0.2) is 56.3 Å². The van der Waals surface area contributed by atoms with E-state index in [2.05, 4.69) is 20.2 Å². The first-order valence-electron chi connectivity index (χ1n) is 8.32. The molecule has 25 heavy (non-hydrogen) atoms. The highest BCUT2D eigenvalue weighted by Crippen LogP contribution is 2.17. The van der Waals surface area contributed by atoms with Gasteiger partial charge in [-0.15, -0.1) is 0 Å². The lowest BCUT2D eigenvalue weighted by atomic mass is 10.2. The molecule has 0 saturated carbocycles. The van der Waals surface area contributed by atoms with Gasteiger partial charge >= 0.3 is 0 Å². The molecule has 7 nitrogen and oxygen atoms in total. The largest absolute Gasteiger partial charge is 0.378 e. The van der Waals surface area contributed by atoms with Crippen molar-refractivity contribution in [3.8, 4) is 0 Å². The van der Waals surface area contributed by atoms with E-state index in [1.807, 2.05) is 37.2 Å². The molecule has 0 aromatic carbocycles. The van der Waals surface area contributed by atoms with Gasteiger partial charge in [0.05, 0.1) is 24.5 Å². The number of aromatic nitrogens is 2. The van der Waals surface area contributed by atoms with E-state index in [4.69, 9.17) is 4.74 Å². The summed E-state index contributed by atoms with van der Waals surface area (Å²) >= 11 is 0. The molecule has 0 unspecified atom stereocenters. The van der Waals surface area contributed by atoms with Crippen molar-refractivity contribution in [2.45, 2.75) is 6.54 Å². The summed E-state index contributed by atoms with van der Waals surface area (Å²) in [6, 6.07) is 5.76. The van der Waals surface area contributed by atoms with Gasteiger partial charge in [0.25, 0.3) is 5.91 Å². The second kappa shape index (κ2) is 7.94. The number of ether oxygens (including phenoxy) is 1. The summed E-state index contributed by atoms with van der Waals surface area (Å²) in [4.78, 5) is 25.1. The Morgan fingerprint density at radius 2 is 2.08 bits per heavy atom. The van der Waals surface area contributed by atoms with Crippen molar-refractivity contribution in [1.82, 2.24) is 15.3 Å². The molecule has 0 aliphatic carbocycles. The summed E-state index contributed by atoms with van der Waals surface area (Å²) in [5, 5.41) is 2.96. The van der Waals surface area contributed by atoms with Gasteiger partial charge in [0.2, 0.25) is 0 Å². The Morgan fingerprint density at radius 3 is 2.84 bits per heavy atom. The van der Waals surface area contributed by atoms with Crippen molar-refractivity contribution in [2.75, 3.05) is 50.2 Å². The monoisotopic (exact) mass is 341 g/mol. The topological polar surface area (TPSA) is 70.6 Å². The number of carbonyl (C=O) groups is 1. The molecule has 7 heteroatoms. The fourth-order valence-electron chi connectivity index (χ4n) is 2.77.